The molecule has 2 N–H and O–H groups in total. The van der Waals surface area contributed by atoms with Crippen molar-refractivity contribution in [3.8, 4) is 11.5 Å². The highest BCUT2D eigenvalue weighted by molar-refractivity contribution is 6.50. The van der Waals surface area contributed by atoms with E-state index in [0.29, 0.717) is 11.1 Å². The zero-order valence-electron chi connectivity index (χ0n) is 9.72. The van der Waals surface area contributed by atoms with E-state index in [1.54, 1.807) is 24.3 Å². The Labute approximate surface area is 126 Å². The molecule has 0 bridgehead atoms. The van der Waals surface area contributed by atoms with Crippen LogP contribution in [0.1, 0.15) is 11.1 Å². The van der Waals surface area contributed by atoms with Gasteiger partial charge in [0, 0.05) is 0 Å². The maximum atomic E-state index is 9.33. The Morgan fingerprint density at radius 2 is 1.05 bits per heavy atom. The van der Waals surface area contributed by atoms with Gasteiger partial charge in [-0.1, -0.05) is 24.3 Å². The molecule has 0 spiro atoms. The van der Waals surface area contributed by atoms with Crippen molar-refractivity contribution in [1.82, 2.24) is 0 Å². The minimum absolute atomic E-state index is 0.133. The second-order valence-corrected chi connectivity index (χ2v) is 5.80. The molecule has 19 heavy (non-hydrogen) atoms. The van der Waals surface area contributed by atoms with E-state index in [2.05, 4.69) is 0 Å². The quantitative estimate of drug-likeness (QED) is 0.825. The van der Waals surface area contributed by atoms with Crippen LogP contribution in [0.15, 0.2) is 48.5 Å². The van der Waals surface area contributed by atoms with Crippen molar-refractivity contribution in [2.75, 3.05) is 0 Å². The molecule has 0 aromatic heterocycles. The third-order valence-corrected chi connectivity index (χ3v) is 4.41. The summed E-state index contributed by atoms with van der Waals surface area (Å²) in [5.41, 5.74) is 1.32. The summed E-state index contributed by atoms with van der Waals surface area (Å²) in [6.45, 7) is 0. The van der Waals surface area contributed by atoms with Crippen LogP contribution in [0.4, 0.5) is 0 Å². The molecule has 2 rings (SSSR count). The largest absolute Gasteiger partial charge is 0.508 e. The average Bonchev–Trinajstić information content (AvgIpc) is 2.39. The van der Waals surface area contributed by atoms with E-state index in [9.17, 15) is 10.2 Å². The number of phenolic OH excluding ortho intramolecular Hbond substituents is 2. The third kappa shape index (κ3) is 2.76. The van der Waals surface area contributed by atoms with Gasteiger partial charge in [-0.2, -0.15) is 0 Å². The summed E-state index contributed by atoms with van der Waals surface area (Å²) in [6, 6.07) is 12.7. The summed E-state index contributed by atoms with van der Waals surface area (Å²) in [4.78, 5) is -2.05. The highest BCUT2D eigenvalue weighted by Gasteiger charge is 2.38. The molecule has 0 saturated carbocycles. The number of halogens is 3. The molecular weight excluding hydrogens is 307 g/mol. The molecule has 0 radical (unpaired) electrons. The molecule has 100 valence electrons. The lowest BCUT2D eigenvalue weighted by Crippen LogP contribution is -2.28. The fourth-order valence-electron chi connectivity index (χ4n) is 1.83. The second-order valence-electron chi connectivity index (χ2n) is 4.11. The minimum Gasteiger partial charge on any atom is -0.508 e. The predicted octanol–water partition coefficient (Wildman–Crippen LogP) is 4.38. The van der Waals surface area contributed by atoms with E-state index in [4.69, 9.17) is 34.8 Å². The number of phenols is 2. The van der Waals surface area contributed by atoms with Crippen molar-refractivity contribution >= 4 is 34.8 Å². The molecule has 0 heterocycles. The van der Waals surface area contributed by atoms with Gasteiger partial charge in [-0.25, -0.2) is 0 Å². The third-order valence-electron chi connectivity index (χ3n) is 2.88. The SMILES string of the molecule is Oc1ccc(C(Cl)(c2ccc(O)cc2)C(Cl)Cl)cc1. The zero-order valence-corrected chi connectivity index (χ0v) is 12.0. The number of benzene rings is 2. The lowest BCUT2D eigenvalue weighted by Gasteiger charge is -2.29. The molecule has 0 atom stereocenters. The first-order valence-corrected chi connectivity index (χ1v) is 6.75. The van der Waals surface area contributed by atoms with Crippen molar-refractivity contribution in [2.24, 2.45) is 0 Å². The van der Waals surface area contributed by atoms with Gasteiger partial charge < -0.3 is 10.2 Å². The predicted molar refractivity (Wildman–Crippen MR) is 78.3 cm³/mol. The lowest BCUT2D eigenvalue weighted by atomic mass is 9.91. The summed E-state index contributed by atoms with van der Waals surface area (Å²) >= 11 is 18.7. The molecule has 0 unspecified atom stereocenters. The van der Waals surface area contributed by atoms with Gasteiger partial charge in [0.25, 0.3) is 0 Å². The second kappa shape index (κ2) is 5.49. The zero-order chi connectivity index (χ0) is 14.0. The fourth-order valence-corrected chi connectivity index (χ4v) is 2.58. The van der Waals surface area contributed by atoms with Gasteiger partial charge >= 0.3 is 0 Å². The van der Waals surface area contributed by atoms with E-state index in [-0.39, 0.29) is 11.5 Å². The Morgan fingerprint density at radius 3 is 1.32 bits per heavy atom. The van der Waals surface area contributed by atoms with Gasteiger partial charge in [-0.05, 0) is 35.4 Å². The maximum absolute atomic E-state index is 9.33. The van der Waals surface area contributed by atoms with Gasteiger partial charge in [0.2, 0.25) is 0 Å². The Balaban J connectivity index is 2.54. The summed E-state index contributed by atoms with van der Waals surface area (Å²) in [6.07, 6.45) is 0. The van der Waals surface area contributed by atoms with Crippen LogP contribution < -0.4 is 0 Å². The highest BCUT2D eigenvalue weighted by atomic mass is 35.5. The van der Waals surface area contributed by atoms with Crippen LogP contribution in [0, 0.1) is 0 Å². The molecule has 0 aliphatic rings. The van der Waals surface area contributed by atoms with Crippen molar-refractivity contribution in [1.29, 1.82) is 0 Å². The van der Waals surface area contributed by atoms with E-state index >= 15 is 0 Å². The van der Waals surface area contributed by atoms with Gasteiger partial charge in [-0.3, -0.25) is 0 Å². The van der Waals surface area contributed by atoms with E-state index in [1.807, 2.05) is 0 Å². The molecule has 0 aliphatic heterocycles. The molecule has 2 aromatic carbocycles. The van der Waals surface area contributed by atoms with Crippen LogP contribution in [0.5, 0.6) is 11.5 Å². The Bertz CT molecular complexity index is 504. The van der Waals surface area contributed by atoms with Crippen molar-refractivity contribution < 1.29 is 10.2 Å². The van der Waals surface area contributed by atoms with Crippen molar-refractivity contribution in [3.63, 3.8) is 0 Å². The molecule has 5 heteroatoms. The summed E-state index contributed by atoms with van der Waals surface area (Å²) in [7, 11) is 0. The number of hydrogen-bond acceptors (Lipinski definition) is 2. The van der Waals surface area contributed by atoms with E-state index in [0.717, 1.165) is 0 Å². The van der Waals surface area contributed by atoms with Gasteiger partial charge in [-0.15, -0.1) is 34.8 Å². The first-order chi connectivity index (χ1) is 8.94. The molecular formula is C14H11Cl3O2. The molecule has 0 saturated heterocycles. The van der Waals surface area contributed by atoms with Crippen LogP contribution in [0.3, 0.4) is 0 Å². The molecule has 2 aromatic rings. The monoisotopic (exact) mass is 316 g/mol. The van der Waals surface area contributed by atoms with Gasteiger partial charge in [0.15, 0.2) is 0 Å². The number of aromatic hydroxyl groups is 2. The van der Waals surface area contributed by atoms with Crippen molar-refractivity contribution in [3.05, 3.63) is 59.7 Å². The number of rotatable bonds is 3. The van der Waals surface area contributed by atoms with Crippen LogP contribution in [-0.2, 0) is 4.87 Å². The Hall–Kier alpha value is -1.09. The lowest BCUT2D eigenvalue weighted by molar-refractivity contribution is 0.475. The van der Waals surface area contributed by atoms with Gasteiger partial charge in [0.05, 0.1) is 0 Å². The van der Waals surface area contributed by atoms with Crippen LogP contribution >= 0.6 is 34.8 Å². The fraction of sp³-hybridized carbons (Fsp3) is 0.143. The summed E-state index contributed by atoms with van der Waals surface area (Å²) in [5.74, 6) is 0.267. The topological polar surface area (TPSA) is 40.5 Å². The smallest absolute Gasteiger partial charge is 0.135 e. The summed E-state index contributed by atoms with van der Waals surface area (Å²) < 4.78 is 0. The van der Waals surface area contributed by atoms with Crippen LogP contribution in [0.2, 0.25) is 0 Å². The summed E-state index contributed by atoms with van der Waals surface area (Å²) in [5, 5.41) is 18.7. The van der Waals surface area contributed by atoms with E-state index < -0.39 is 9.71 Å². The van der Waals surface area contributed by atoms with Crippen LogP contribution in [-0.4, -0.2) is 15.0 Å². The molecule has 0 amide bonds. The standard InChI is InChI=1S/C14H11Cl3O2/c15-13(16)14(17,9-1-5-11(18)6-2-9)10-3-7-12(19)8-4-10/h1-8,13,18-19H. The minimum atomic E-state index is -1.15. The van der Waals surface area contributed by atoms with E-state index in [1.165, 1.54) is 24.3 Å². The number of hydrogen-bond donors (Lipinski definition) is 2. The Kier molecular flexibility index (Phi) is 4.14. The molecule has 0 aliphatic carbocycles. The molecule has 0 fully saturated rings. The highest BCUT2D eigenvalue weighted by Crippen LogP contribution is 2.44. The molecule has 2 nitrogen and oxygen atoms in total. The average molecular weight is 318 g/mol. The van der Waals surface area contributed by atoms with Gasteiger partial charge in [0.1, 0.15) is 21.2 Å². The normalized spacial score (nSPS) is 11.8. The Morgan fingerprint density at radius 1 is 0.737 bits per heavy atom. The number of alkyl halides is 3. The van der Waals surface area contributed by atoms with Crippen molar-refractivity contribution in [2.45, 2.75) is 9.71 Å². The first kappa shape index (κ1) is 14.3. The van der Waals surface area contributed by atoms with Crippen LogP contribution in [0.25, 0.3) is 0 Å². The first-order valence-electron chi connectivity index (χ1n) is 5.50. The maximum Gasteiger partial charge on any atom is 0.135 e.